The number of unbranched alkanes of at least 4 members (excludes halogenated alkanes) is 15. The fourth-order valence-corrected chi connectivity index (χ4v) is 6.18. The van der Waals surface area contributed by atoms with Crippen LogP contribution in [0.1, 0.15) is 133 Å². The smallest absolute Gasteiger partial charge is 0.143 e. The first-order valence-corrected chi connectivity index (χ1v) is 17.3. The van der Waals surface area contributed by atoms with Crippen molar-refractivity contribution in [2.45, 2.75) is 134 Å². The van der Waals surface area contributed by atoms with Crippen LogP contribution in [0.4, 0.5) is 0 Å². The SMILES string of the molecule is CCCCCCCCCCCCCCCCCCC(O)[C@H](O)COC(c1ccccc1)(c1ccccc1)c1ccccc1. The monoisotopic (exact) mass is 586 g/mol. The summed E-state index contributed by atoms with van der Waals surface area (Å²) >= 11 is 0. The third kappa shape index (κ3) is 12.2. The quantitative estimate of drug-likeness (QED) is 0.0811. The topological polar surface area (TPSA) is 49.7 Å². The second kappa shape index (κ2) is 21.3. The molecule has 43 heavy (non-hydrogen) atoms. The van der Waals surface area contributed by atoms with Crippen molar-refractivity contribution in [1.82, 2.24) is 0 Å². The maximum Gasteiger partial charge on any atom is 0.143 e. The Kier molecular flexibility index (Phi) is 17.3. The molecule has 0 radical (unpaired) electrons. The Balaban J connectivity index is 1.37. The molecule has 0 bridgehead atoms. The summed E-state index contributed by atoms with van der Waals surface area (Å²) in [5.41, 5.74) is 2.09. The summed E-state index contributed by atoms with van der Waals surface area (Å²) in [6.45, 7) is 2.32. The van der Waals surface area contributed by atoms with Crippen LogP contribution in [-0.2, 0) is 10.3 Å². The molecule has 3 aromatic carbocycles. The number of hydrogen-bond donors (Lipinski definition) is 2. The van der Waals surface area contributed by atoms with Crippen molar-refractivity contribution in [3.05, 3.63) is 108 Å². The molecule has 0 aromatic heterocycles. The van der Waals surface area contributed by atoms with Crippen LogP contribution in [0.3, 0.4) is 0 Å². The number of hydrogen-bond acceptors (Lipinski definition) is 3. The highest BCUT2D eigenvalue weighted by Crippen LogP contribution is 2.40. The molecule has 3 heteroatoms. The van der Waals surface area contributed by atoms with Gasteiger partial charge in [0, 0.05) is 0 Å². The van der Waals surface area contributed by atoms with Crippen molar-refractivity contribution >= 4 is 0 Å². The number of benzene rings is 3. The van der Waals surface area contributed by atoms with E-state index >= 15 is 0 Å². The largest absolute Gasteiger partial charge is 0.390 e. The molecule has 0 spiro atoms. The first-order chi connectivity index (χ1) is 21.2. The van der Waals surface area contributed by atoms with Gasteiger partial charge in [-0.15, -0.1) is 0 Å². The van der Waals surface area contributed by atoms with Crippen molar-refractivity contribution < 1.29 is 14.9 Å². The standard InChI is InChI=1S/C40H58O3/c1-2-3-4-5-6-7-8-9-10-11-12-13-14-15-16-26-33-38(41)39(42)34-43-40(35-27-20-17-21-28-35,36-29-22-18-23-30-36)37-31-24-19-25-32-37/h17-25,27-32,38-39,41-42H,2-16,26,33-34H2,1H3/t38?,39-/m1/s1. The van der Waals surface area contributed by atoms with E-state index in [2.05, 4.69) is 43.3 Å². The van der Waals surface area contributed by atoms with Crippen LogP contribution in [0.5, 0.6) is 0 Å². The van der Waals surface area contributed by atoms with Crippen LogP contribution in [0.15, 0.2) is 91.0 Å². The van der Waals surface area contributed by atoms with Crippen molar-refractivity contribution in [3.63, 3.8) is 0 Å². The molecule has 0 saturated carbocycles. The summed E-state index contributed by atoms with van der Waals surface area (Å²) in [6.07, 6.45) is 20.0. The van der Waals surface area contributed by atoms with Crippen LogP contribution in [0.2, 0.25) is 0 Å². The Labute approximate surface area is 262 Å². The minimum absolute atomic E-state index is 0.0404. The highest BCUT2D eigenvalue weighted by Gasteiger charge is 2.38. The molecule has 1 unspecified atom stereocenters. The van der Waals surface area contributed by atoms with Gasteiger partial charge in [0.15, 0.2) is 0 Å². The zero-order chi connectivity index (χ0) is 30.4. The number of aliphatic hydroxyl groups is 2. The van der Waals surface area contributed by atoms with Gasteiger partial charge in [-0.2, -0.15) is 0 Å². The minimum Gasteiger partial charge on any atom is -0.390 e. The average Bonchev–Trinajstić information content (AvgIpc) is 3.06. The highest BCUT2D eigenvalue weighted by molar-refractivity contribution is 5.47. The number of ether oxygens (including phenoxy) is 1. The predicted molar refractivity (Wildman–Crippen MR) is 181 cm³/mol. The molecule has 3 rings (SSSR count). The maximum atomic E-state index is 11.0. The molecule has 0 fully saturated rings. The Morgan fingerprint density at radius 1 is 0.465 bits per heavy atom. The molecular formula is C40H58O3. The van der Waals surface area contributed by atoms with Crippen molar-refractivity contribution in [1.29, 1.82) is 0 Å². The van der Waals surface area contributed by atoms with E-state index in [1.165, 1.54) is 89.9 Å². The Hall–Kier alpha value is -2.46. The molecule has 0 heterocycles. The van der Waals surface area contributed by atoms with Gasteiger partial charge < -0.3 is 14.9 Å². The van der Waals surface area contributed by atoms with Gasteiger partial charge in [0.1, 0.15) is 11.7 Å². The number of rotatable bonds is 24. The Morgan fingerprint density at radius 3 is 1.14 bits per heavy atom. The molecule has 0 aliphatic rings. The lowest BCUT2D eigenvalue weighted by Crippen LogP contribution is -2.39. The normalized spacial score (nSPS) is 13.2. The fraction of sp³-hybridized carbons (Fsp3) is 0.550. The molecule has 0 saturated heterocycles. The van der Waals surface area contributed by atoms with Gasteiger partial charge in [0.2, 0.25) is 0 Å². The van der Waals surface area contributed by atoms with Crippen molar-refractivity contribution in [2.24, 2.45) is 0 Å². The summed E-state index contributed by atoms with van der Waals surface area (Å²) in [5.74, 6) is 0. The zero-order valence-electron chi connectivity index (χ0n) is 26.8. The van der Waals surface area contributed by atoms with Gasteiger partial charge in [0.05, 0.1) is 12.7 Å². The van der Waals surface area contributed by atoms with E-state index in [4.69, 9.17) is 4.74 Å². The summed E-state index contributed by atoms with van der Waals surface area (Å²) in [6, 6.07) is 30.5. The third-order valence-corrected chi connectivity index (χ3v) is 8.81. The molecule has 236 valence electrons. The van der Waals surface area contributed by atoms with Gasteiger partial charge in [-0.1, -0.05) is 201 Å². The van der Waals surface area contributed by atoms with Crippen LogP contribution in [-0.4, -0.2) is 29.0 Å². The second-order valence-electron chi connectivity index (χ2n) is 12.3. The fourth-order valence-electron chi connectivity index (χ4n) is 6.18. The first kappa shape index (κ1) is 35.0. The van der Waals surface area contributed by atoms with E-state index in [-0.39, 0.29) is 6.61 Å². The lowest BCUT2D eigenvalue weighted by molar-refractivity contribution is -0.0802. The van der Waals surface area contributed by atoms with Gasteiger partial charge in [0.25, 0.3) is 0 Å². The van der Waals surface area contributed by atoms with Gasteiger partial charge in [-0.3, -0.25) is 0 Å². The maximum absolute atomic E-state index is 11.0. The second-order valence-corrected chi connectivity index (χ2v) is 12.3. The number of aliphatic hydroxyl groups excluding tert-OH is 2. The van der Waals surface area contributed by atoms with Crippen LogP contribution < -0.4 is 0 Å². The van der Waals surface area contributed by atoms with Crippen molar-refractivity contribution in [2.75, 3.05) is 6.61 Å². The minimum atomic E-state index is -0.952. The highest BCUT2D eigenvalue weighted by atomic mass is 16.5. The van der Waals surface area contributed by atoms with Crippen LogP contribution in [0, 0.1) is 0 Å². The predicted octanol–water partition coefficient (Wildman–Crippen LogP) is 10.4. The molecule has 2 N–H and O–H groups in total. The van der Waals surface area contributed by atoms with Crippen molar-refractivity contribution in [3.8, 4) is 0 Å². The molecule has 3 aromatic rings. The molecule has 0 amide bonds. The lowest BCUT2D eigenvalue weighted by atomic mass is 9.80. The van der Waals surface area contributed by atoms with E-state index in [9.17, 15) is 10.2 Å². The molecule has 3 nitrogen and oxygen atoms in total. The van der Waals surface area contributed by atoms with Crippen LogP contribution in [0.25, 0.3) is 0 Å². The van der Waals surface area contributed by atoms with E-state index in [1.54, 1.807) is 0 Å². The van der Waals surface area contributed by atoms with Gasteiger partial charge >= 0.3 is 0 Å². The summed E-state index contributed by atoms with van der Waals surface area (Å²) < 4.78 is 6.69. The van der Waals surface area contributed by atoms with Crippen LogP contribution >= 0.6 is 0 Å². The van der Waals surface area contributed by atoms with E-state index in [1.807, 2.05) is 54.6 Å². The Bertz CT molecular complexity index is 956. The van der Waals surface area contributed by atoms with E-state index < -0.39 is 17.8 Å². The summed E-state index contributed by atoms with van der Waals surface area (Å²) in [4.78, 5) is 0. The molecule has 0 aliphatic carbocycles. The Morgan fingerprint density at radius 2 is 0.791 bits per heavy atom. The first-order valence-electron chi connectivity index (χ1n) is 17.3. The molecule has 0 aliphatic heterocycles. The zero-order valence-corrected chi connectivity index (χ0v) is 26.8. The lowest BCUT2D eigenvalue weighted by Gasteiger charge is -2.37. The molecular weight excluding hydrogens is 528 g/mol. The third-order valence-electron chi connectivity index (χ3n) is 8.81. The van der Waals surface area contributed by atoms with E-state index in [0.717, 1.165) is 29.5 Å². The van der Waals surface area contributed by atoms with Gasteiger partial charge in [-0.05, 0) is 23.1 Å². The van der Waals surface area contributed by atoms with E-state index in [0.29, 0.717) is 6.42 Å². The summed E-state index contributed by atoms with van der Waals surface area (Å²) in [7, 11) is 0. The van der Waals surface area contributed by atoms with Gasteiger partial charge in [-0.25, -0.2) is 0 Å². The molecule has 2 atom stereocenters. The summed E-state index contributed by atoms with van der Waals surface area (Å²) in [5, 5.41) is 21.8. The average molecular weight is 587 g/mol.